The second-order valence-corrected chi connectivity index (χ2v) is 8.35. The number of hydrogen-bond acceptors (Lipinski definition) is 3. The highest BCUT2D eigenvalue weighted by atomic mass is 32.2. The largest absolute Gasteiger partial charge is 0.340 e. The van der Waals surface area contributed by atoms with Gasteiger partial charge < -0.3 is 4.90 Å². The van der Waals surface area contributed by atoms with E-state index in [-0.39, 0.29) is 17.8 Å². The van der Waals surface area contributed by atoms with Gasteiger partial charge in [-0.05, 0) is 43.4 Å². The highest BCUT2D eigenvalue weighted by molar-refractivity contribution is 7.88. The zero-order chi connectivity index (χ0) is 16.7. The SMILES string of the molecule is CS(=O)(=O)NC1CCCN(C(=O)C2(c3ccc(F)cc3)CC2)C1. The Morgan fingerprint density at radius 2 is 1.96 bits per heavy atom. The second-order valence-electron chi connectivity index (χ2n) is 6.57. The standard InChI is InChI=1S/C16H21FN2O3S/c1-23(21,22)18-14-3-2-10-19(11-14)15(20)16(8-9-16)12-4-6-13(17)7-5-12/h4-7,14,18H,2-3,8-11H2,1H3. The van der Waals surface area contributed by atoms with Gasteiger partial charge in [0.2, 0.25) is 15.9 Å². The van der Waals surface area contributed by atoms with Crippen molar-refractivity contribution in [2.24, 2.45) is 0 Å². The lowest BCUT2D eigenvalue weighted by Crippen LogP contribution is -2.51. The first kappa shape index (κ1) is 16.4. The van der Waals surface area contributed by atoms with Crippen LogP contribution in [0.3, 0.4) is 0 Å². The van der Waals surface area contributed by atoms with Crippen LogP contribution in [0.5, 0.6) is 0 Å². The summed E-state index contributed by atoms with van der Waals surface area (Å²) in [5.41, 5.74) is 0.308. The Morgan fingerprint density at radius 3 is 2.52 bits per heavy atom. The number of carbonyl (C=O) groups is 1. The molecule has 1 aromatic carbocycles. The van der Waals surface area contributed by atoms with Crippen LogP contribution in [0.2, 0.25) is 0 Å². The van der Waals surface area contributed by atoms with E-state index in [4.69, 9.17) is 0 Å². The Labute approximate surface area is 135 Å². The fraction of sp³-hybridized carbons (Fsp3) is 0.562. The molecule has 1 unspecified atom stereocenters. The molecule has 1 saturated carbocycles. The van der Waals surface area contributed by atoms with Gasteiger partial charge in [-0.2, -0.15) is 0 Å². The molecular weight excluding hydrogens is 319 g/mol. The van der Waals surface area contributed by atoms with Crippen LogP contribution >= 0.6 is 0 Å². The summed E-state index contributed by atoms with van der Waals surface area (Å²) in [4.78, 5) is 14.7. The van der Waals surface area contributed by atoms with Crippen LogP contribution in [-0.4, -0.2) is 44.6 Å². The van der Waals surface area contributed by atoms with E-state index >= 15 is 0 Å². The molecule has 1 saturated heterocycles. The Kier molecular flexibility index (Phi) is 4.18. The number of halogens is 1. The number of amides is 1. The van der Waals surface area contributed by atoms with Crippen LogP contribution in [0.1, 0.15) is 31.2 Å². The van der Waals surface area contributed by atoms with Crippen molar-refractivity contribution in [3.8, 4) is 0 Å². The molecule has 23 heavy (non-hydrogen) atoms. The molecule has 0 aromatic heterocycles. The van der Waals surface area contributed by atoms with Crippen LogP contribution < -0.4 is 4.72 Å². The number of nitrogens with one attached hydrogen (secondary N) is 1. The molecule has 1 atom stereocenters. The third-order valence-corrected chi connectivity index (χ3v) is 5.41. The summed E-state index contributed by atoms with van der Waals surface area (Å²) in [6.07, 6.45) is 4.17. The van der Waals surface area contributed by atoms with Gasteiger partial charge in [0.25, 0.3) is 0 Å². The van der Waals surface area contributed by atoms with Gasteiger partial charge >= 0.3 is 0 Å². The molecule has 7 heteroatoms. The molecule has 1 heterocycles. The fourth-order valence-corrected chi connectivity index (χ4v) is 4.18. The van der Waals surface area contributed by atoms with Crippen molar-refractivity contribution >= 4 is 15.9 Å². The highest BCUT2D eigenvalue weighted by Crippen LogP contribution is 2.49. The summed E-state index contributed by atoms with van der Waals surface area (Å²) >= 11 is 0. The average molecular weight is 340 g/mol. The van der Waals surface area contributed by atoms with Crippen LogP contribution in [-0.2, 0) is 20.2 Å². The lowest BCUT2D eigenvalue weighted by Gasteiger charge is -2.35. The molecular formula is C16H21FN2O3S. The topological polar surface area (TPSA) is 66.5 Å². The van der Waals surface area contributed by atoms with Crippen LogP contribution in [0, 0.1) is 5.82 Å². The quantitative estimate of drug-likeness (QED) is 0.901. The molecule has 5 nitrogen and oxygen atoms in total. The maximum atomic E-state index is 13.1. The maximum absolute atomic E-state index is 13.1. The van der Waals surface area contributed by atoms with Gasteiger partial charge in [0.1, 0.15) is 5.82 Å². The molecule has 126 valence electrons. The molecule has 3 rings (SSSR count). The number of carbonyl (C=O) groups excluding carboxylic acids is 1. The van der Waals surface area contributed by atoms with Crippen molar-refractivity contribution in [3.63, 3.8) is 0 Å². The maximum Gasteiger partial charge on any atom is 0.233 e. The predicted molar refractivity (Wildman–Crippen MR) is 84.9 cm³/mol. The van der Waals surface area contributed by atoms with E-state index < -0.39 is 15.4 Å². The van der Waals surface area contributed by atoms with Crippen LogP contribution in [0.25, 0.3) is 0 Å². The van der Waals surface area contributed by atoms with E-state index in [1.807, 2.05) is 0 Å². The van der Waals surface area contributed by atoms with Gasteiger partial charge in [0, 0.05) is 19.1 Å². The van der Waals surface area contributed by atoms with E-state index in [1.54, 1.807) is 17.0 Å². The first-order chi connectivity index (χ1) is 10.8. The Bertz CT molecular complexity index is 699. The zero-order valence-electron chi connectivity index (χ0n) is 13.1. The summed E-state index contributed by atoms with van der Waals surface area (Å²) in [6, 6.07) is 5.89. The molecule has 1 aromatic rings. The number of likely N-dealkylation sites (tertiary alicyclic amines) is 1. The van der Waals surface area contributed by atoms with Crippen molar-refractivity contribution in [3.05, 3.63) is 35.6 Å². The molecule has 1 N–H and O–H groups in total. The Morgan fingerprint density at radius 1 is 1.30 bits per heavy atom. The molecule has 2 fully saturated rings. The lowest BCUT2D eigenvalue weighted by atomic mass is 9.93. The first-order valence-electron chi connectivity index (χ1n) is 7.83. The summed E-state index contributed by atoms with van der Waals surface area (Å²) in [6.45, 7) is 1.04. The summed E-state index contributed by atoms with van der Waals surface area (Å²) in [5.74, 6) is -0.281. The molecule has 1 aliphatic carbocycles. The normalized spacial score (nSPS) is 23.6. The molecule has 0 radical (unpaired) electrons. The number of rotatable bonds is 4. The minimum Gasteiger partial charge on any atom is -0.340 e. The molecule has 2 aliphatic rings. The number of piperidine rings is 1. The smallest absolute Gasteiger partial charge is 0.233 e. The molecule has 0 bridgehead atoms. The van der Waals surface area contributed by atoms with E-state index in [0.717, 1.165) is 37.5 Å². The predicted octanol–water partition coefficient (Wildman–Crippen LogP) is 1.40. The summed E-state index contributed by atoms with van der Waals surface area (Å²) in [7, 11) is -3.28. The summed E-state index contributed by atoms with van der Waals surface area (Å²) < 4.78 is 38.5. The van der Waals surface area contributed by atoms with Gasteiger partial charge in [0.05, 0.1) is 11.7 Å². The molecule has 0 spiro atoms. The summed E-state index contributed by atoms with van der Waals surface area (Å²) in [5, 5.41) is 0. The minimum absolute atomic E-state index is 0.0316. The average Bonchev–Trinajstić information content (AvgIpc) is 3.27. The first-order valence-corrected chi connectivity index (χ1v) is 9.72. The van der Waals surface area contributed by atoms with E-state index in [2.05, 4.69) is 4.72 Å². The zero-order valence-corrected chi connectivity index (χ0v) is 13.9. The van der Waals surface area contributed by atoms with Gasteiger partial charge in [-0.15, -0.1) is 0 Å². The van der Waals surface area contributed by atoms with Gasteiger partial charge in [0.15, 0.2) is 0 Å². The fourth-order valence-electron chi connectivity index (χ4n) is 3.38. The van der Waals surface area contributed by atoms with Crippen LogP contribution in [0.4, 0.5) is 4.39 Å². The second kappa shape index (κ2) is 5.87. The third-order valence-electron chi connectivity index (χ3n) is 4.65. The van der Waals surface area contributed by atoms with Crippen LogP contribution in [0.15, 0.2) is 24.3 Å². The highest BCUT2D eigenvalue weighted by Gasteiger charge is 2.53. The monoisotopic (exact) mass is 340 g/mol. The number of nitrogens with zero attached hydrogens (tertiary/aromatic N) is 1. The number of sulfonamides is 1. The van der Waals surface area contributed by atoms with Crippen molar-refractivity contribution in [1.82, 2.24) is 9.62 Å². The van der Waals surface area contributed by atoms with Gasteiger partial charge in [-0.25, -0.2) is 17.5 Å². The lowest BCUT2D eigenvalue weighted by molar-refractivity contribution is -0.135. The third kappa shape index (κ3) is 3.55. The Balaban J connectivity index is 1.73. The molecule has 1 aliphatic heterocycles. The Hall–Kier alpha value is -1.47. The van der Waals surface area contributed by atoms with Crippen molar-refractivity contribution < 1.29 is 17.6 Å². The van der Waals surface area contributed by atoms with Crippen molar-refractivity contribution in [2.75, 3.05) is 19.3 Å². The van der Waals surface area contributed by atoms with Gasteiger partial charge in [-0.1, -0.05) is 12.1 Å². The number of benzene rings is 1. The minimum atomic E-state index is -3.28. The molecule has 1 amide bonds. The van der Waals surface area contributed by atoms with E-state index in [9.17, 15) is 17.6 Å². The van der Waals surface area contributed by atoms with Crippen molar-refractivity contribution in [2.45, 2.75) is 37.1 Å². The number of hydrogen-bond donors (Lipinski definition) is 1. The van der Waals surface area contributed by atoms with Gasteiger partial charge in [-0.3, -0.25) is 4.79 Å². The van der Waals surface area contributed by atoms with E-state index in [0.29, 0.717) is 13.1 Å². The van der Waals surface area contributed by atoms with Crippen molar-refractivity contribution in [1.29, 1.82) is 0 Å². The van der Waals surface area contributed by atoms with E-state index in [1.165, 1.54) is 12.1 Å².